The van der Waals surface area contributed by atoms with Gasteiger partial charge < -0.3 is 15.7 Å². The number of hydrogen-bond acceptors (Lipinski definition) is 3. The van der Waals surface area contributed by atoms with E-state index in [1.165, 1.54) is 6.07 Å². The van der Waals surface area contributed by atoms with Crippen molar-refractivity contribution in [3.05, 3.63) is 24.0 Å². The molecule has 2 atom stereocenters. The summed E-state index contributed by atoms with van der Waals surface area (Å²) in [5.41, 5.74) is 6.85. The molecule has 3 rings (SSSR count). The van der Waals surface area contributed by atoms with Crippen LogP contribution in [-0.2, 0) is 0 Å². The Morgan fingerprint density at radius 1 is 1.24 bits per heavy atom. The fourth-order valence-corrected chi connectivity index (χ4v) is 3.29. The third-order valence-electron chi connectivity index (χ3n) is 4.02. The van der Waals surface area contributed by atoms with Crippen LogP contribution in [0.25, 0.3) is 0 Å². The van der Waals surface area contributed by atoms with E-state index in [-0.39, 0.29) is 17.6 Å². The molecule has 0 aliphatic carbocycles. The van der Waals surface area contributed by atoms with Gasteiger partial charge >= 0.3 is 0 Å². The van der Waals surface area contributed by atoms with Gasteiger partial charge in [0.25, 0.3) is 0 Å². The van der Waals surface area contributed by atoms with Gasteiger partial charge in [-0.3, -0.25) is 0 Å². The molecule has 0 saturated carbocycles. The molecule has 2 aliphatic rings. The van der Waals surface area contributed by atoms with E-state index in [0.29, 0.717) is 12.1 Å². The Bertz CT molecular complexity index is 423. The first-order valence-electron chi connectivity index (χ1n) is 6.17. The summed E-state index contributed by atoms with van der Waals surface area (Å²) in [6.07, 6.45) is 3.47. The SMILES string of the molecule is Nc1c(F)cccc1N1C2CCC1CC(O)C2. The summed E-state index contributed by atoms with van der Waals surface area (Å²) in [4.78, 5) is 2.21. The number of fused-ring (bicyclic) bond motifs is 2. The van der Waals surface area contributed by atoms with Crippen molar-refractivity contribution >= 4 is 11.4 Å². The van der Waals surface area contributed by atoms with Crippen LogP contribution in [0.5, 0.6) is 0 Å². The molecular formula is C13H17FN2O. The number of para-hydroxylation sites is 1. The van der Waals surface area contributed by atoms with Crippen LogP contribution in [0.4, 0.5) is 15.8 Å². The van der Waals surface area contributed by atoms with E-state index >= 15 is 0 Å². The molecule has 0 spiro atoms. The zero-order valence-electron chi connectivity index (χ0n) is 9.64. The minimum Gasteiger partial charge on any atom is -0.395 e. The molecule has 3 N–H and O–H groups in total. The Balaban J connectivity index is 1.97. The number of aliphatic hydroxyl groups is 1. The summed E-state index contributed by atoms with van der Waals surface area (Å²) in [7, 11) is 0. The number of benzene rings is 1. The van der Waals surface area contributed by atoms with Crippen LogP contribution in [0.1, 0.15) is 25.7 Å². The van der Waals surface area contributed by atoms with E-state index < -0.39 is 0 Å². The van der Waals surface area contributed by atoms with E-state index in [4.69, 9.17) is 5.73 Å². The van der Waals surface area contributed by atoms with Gasteiger partial charge in [-0.2, -0.15) is 0 Å². The predicted octanol–water partition coefficient (Wildman–Crippen LogP) is 1.90. The number of piperidine rings is 1. The third-order valence-corrected chi connectivity index (χ3v) is 4.02. The van der Waals surface area contributed by atoms with E-state index in [1.807, 2.05) is 6.07 Å². The van der Waals surface area contributed by atoms with Gasteiger partial charge in [0.05, 0.1) is 17.5 Å². The normalized spacial score (nSPS) is 31.9. The number of nitrogen functional groups attached to an aromatic ring is 1. The lowest BCUT2D eigenvalue weighted by Crippen LogP contribution is -2.45. The van der Waals surface area contributed by atoms with Crippen LogP contribution < -0.4 is 10.6 Å². The lowest BCUT2D eigenvalue weighted by Gasteiger charge is -2.39. The molecule has 0 radical (unpaired) electrons. The first-order valence-corrected chi connectivity index (χ1v) is 6.17. The molecule has 2 saturated heterocycles. The maximum absolute atomic E-state index is 13.5. The van der Waals surface area contributed by atoms with Crippen molar-refractivity contribution in [3.8, 4) is 0 Å². The number of nitrogens with two attached hydrogens (primary N) is 1. The largest absolute Gasteiger partial charge is 0.395 e. The van der Waals surface area contributed by atoms with E-state index in [1.54, 1.807) is 6.07 Å². The lowest BCUT2D eigenvalue weighted by atomic mass is 9.98. The number of rotatable bonds is 1. The molecule has 3 nitrogen and oxygen atoms in total. The van der Waals surface area contributed by atoms with Gasteiger partial charge in [0.2, 0.25) is 0 Å². The van der Waals surface area contributed by atoms with Crippen molar-refractivity contribution in [2.45, 2.75) is 43.9 Å². The topological polar surface area (TPSA) is 49.5 Å². The second-order valence-corrected chi connectivity index (χ2v) is 5.09. The van der Waals surface area contributed by atoms with Crippen LogP contribution >= 0.6 is 0 Å². The molecule has 92 valence electrons. The Labute approximate surface area is 100 Å². The van der Waals surface area contributed by atoms with Gasteiger partial charge in [0.15, 0.2) is 0 Å². The lowest BCUT2D eigenvalue weighted by molar-refractivity contribution is 0.126. The van der Waals surface area contributed by atoms with Crippen LogP contribution in [0.2, 0.25) is 0 Å². The molecule has 2 heterocycles. The predicted molar refractivity (Wildman–Crippen MR) is 65.3 cm³/mol. The zero-order valence-corrected chi connectivity index (χ0v) is 9.64. The second-order valence-electron chi connectivity index (χ2n) is 5.09. The number of aliphatic hydroxyl groups excluding tert-OH is 1. The number of hydrogen-bond donors (Lipinski definition) is 2. The monoisotopic (exact) mass is 236 g/mol. The van der Waals surface area contributed by atoms with Crippen molar-refractivity contribution in [2.75, 3.05) is 10.6 Å². The minimum atomic E-state index is -0.354. The maximum Gasteiger partial charge on any atom is 0.148 e. The Hall–Kier alpha value is -1.29. The number of halogens is 1. The molecule has 2 bridgehead atoms. The molecule has 0 amide bonds. The van der Waals surface area contributed by atoms with Crippen molar-refractivity contribution in [2.24, 2.45) is 0 Å². The van der Waals surface area contributed by atoms with Crippen molar-refractivity contribution in [1.82, 2.24) is 0 Å². The summed E-state index contributed by atoms with van der Waals surface area (Å²) >= 11 is 0. The molecular weight excluding hydrogens is 219 g/mol. The molecule has 0 aromatic heterocycles. The molecule has 4 heteroatoms. The summed E-state index contributed by atoms with van der Waals surface area (Å²) in [5, 5.41) is 9.75. The van der Waals surface area contributed by atoms with Crippen LogP contribution in [0.15, 0.2) is 18.2 Å². The van der Waals surface area contributed by atoms with Gasteiger partial charge in [-0.05, 0) is 37.8 Å². The van der Waals surface area contributed by atoms with E-state index in [9.17, 15) is 9.50 Å². The van der Waals surface area contributed by atoms with E-state index in [0.717, 1.165) is 31.4 Å². The molecule has 17 heavy (non-hydrogen) atoms. The first-order chi connectivity index (χ1) is 8.16. The smallest absolute Gasteiger partial charge is 0.148 e. The Kier molecular flexibility index (Phi) is 2.47. The summed E-state index contributed by atoms with van der Waals surface area (Å²) in [5.74, 6) is -0.354. The molecule has 2 unspecified atom stereocenters. The van der Waals surface area contributed by atoms with Crippen LogP contribution in [-0.4, -0.2) is 23.3 Å². The highest BCUT2D eigenvalue weighted by Gasteiger charge is 2.40. The molecule has 1 aromatic carbocycles. The van der Waals surface area contributed by atoms with Crippen molar-refractivity contribution < 1.29 is 9.50 Å². The quantitative estimate of drug-likeness (QED) is 0.732. The highest BCUT2D eigenvalue weighted by Crippen LogP contribution is 2.41. The Morgan fingerprint density at radius 2 is 1.88 bits per heavy atom. The summed E-state index contributed by atoms with van der Waals surface area (Å²) < 4.78 is 13.5. The molecule has 1 aromatic rings. The fourth-order valence-electron chi connectivity index (χ4n) is 3.29. The molecule has 2 fully saturated rings. The maximum atomic E-state index is 13.5. The van der Waals surface area contributed by atoms with Gasteiger partial charge in [-0.1, -0.05) is 6.07 Å². The average molecular weight is 236 g/mol. The van der Waals surface area contributed by atoms with Gasteiger partial charge in [0.1, 0.15) is 5.82 Å². The van der Waals surface area contributed by atoms with Gasteiger partial charge in [-0.25, -0.2) is 4.39 Å². The average Bonchev–Trinajstić information content (AvgIpc) is 2.55. The molecule has 2 aliphatic heterocycles. The highest BCUT2D eigenvalue weighted by molar-refractivity contribution is 5.69. The second kappa shape index (κ2) is 3.88. The van der Waals surface area contributed by atoms with Crippen molar-refractivity contribution in [1.29, 1.82) is 0 Å². The van der Waals surface area contributed by atoms with Crippen molar-refractivity contribution in [3.63, 3.8) is 0 Å². The number of anilines is 2. The standard InChI is InChI=1S/C13H17FN2O/c14-11-2-1-3-12(13(11)15)16-8-4-5-9(16)7-10(17)6-8/h1-3,8-10,17H,4-7,15H2. The van der Waals surface area contributed by atoms with Gasteiger partial charge in [-0.15, -0.1) is 0 Å². The van der Waals surface area contributed by atoms with E-state index in [2.05, 4.69) is 4.90 Å². The summed E-state index contributed by atoms with van der Waals surface area (Å²) in [6, 6.07) is 5.59. The number of nitrogens with zero attached hydrogens (tertiary/aromatic N) is 1. The Morgan fingerprint density at radius 3 is 2.53 bits per heavy atom. The van der Waals surface area contributed by atoms with Crippen LogP contribution in [0, 0.1) is 5.82 Å². The highest BCUT2D eigenvalue weighted by atomic mass is 19.1. The fraction of sp³-hybridized carbons (Fsp3) is 0.538. The zero-order chi connectivity index (χ0) is 12.0. The first kappa shape index (κ1) is 10.8. The third kappa shape index (κ3) is 1.67. The van der Waals surface area contributed by atoms with Gasteiger partial charge in [0, 0.05) is 12.1 Å². The minimum absolute atomic E-state index is 0.210. The summed E-state index contributed by atoms with van der Waals surface area (Å²) in [6.45, 7) is 0. The van der Waals surface area contributed by atoms with Crippen LogP contribution in [0.3, 0.4) is 0 Å².